The summed E-state index contributed by atoms with van der Waals surface area (Å²) in [6.45, 7) is 4.39. The van der Waals surface area contributed by atoms with Crippen molar-refractivity contribution < 1.29 is 4.42 Å². The number of nitrogens with zero attached hydrogens (tertiary/aromatic N) is 2. The van der Waals surface area contributed by atoms with Crippen LogP contribution in [0.4, 0.5) is 0 Å². The molecule has 144 valence electrons. The highest BCUT2D eigenvalue weighted by atomic mass is 16.3. The minimum atomic E-state index is 0.502. The Morgan fingerprint density at radius 3 is 2.40 bits per heavy atom. The Labute approximate surface area is 175 Å². The quantitative estimate of drug-likeness (QED) is 0.325. The molecule has 3 nitrogen and oxygen atoms in total. The van der Waals surface area contributed by atoms with E-state index in [9.17, 15) is 5.26 Å². The van der Waals surface area contributed by atoms with E-state index >= 15 is 0 Å². The maximum atomic E-state index is 9.74. The van der Waals surface area contributed by atoms with E-state index in [2.05, 4.69) is 61.3 Å². The van der Waals surface area contributed by atoms with Gasteiger partial charge in [0.25, 0.3) is 0 Å². The molecule has 30 heavy (non-hydrogen) atoms. The van der Waals surface area contributed by atoms with Gasteiger partial charge in [-0.15, -0.1) is 0 Å². The molecule has 2 aromatic heterocycles. The zero-order chi connectivity index (χ0) is 20.7. The fraction of sp³-hybridized carbons (Fsp3) is 0.111. The lowest BCUT2D eigenvalue weighted by molar-refractivity contribution is 0.670. The van der Waals surface area contributed by atoms with Gasteiger partial charge in [-0.25, -0.2) is 0 Å². The van der Waals surface area contributed by atoms with Gasteiger partial charge in [0.05, 0.1) is 17.3 Å². The molecule has 0 spiro atoms. The van der Waals surface area contributed by atoms with Crippen LogP contribution in [0.3, 0.4) is 0 Å². The molecule has 0 fully saturated rings. The third-order valence-electron chi connectivity index (χ3n) is 5.59. The van der Waals surface area contributed by atoms with Crippen LogP contribution in [-0.2, 0) is 0 Å². The van der Waals surface area contributed by atoms with E-state index in [1.165, 1.54) is 5.56 Å². The van der Waals surface area contributed by atoms with Gasteiger partial charge in [-0.1, -0.05) is 50.2 Å². The number of pyridine rings is 1. The van der Waals surface area contributed by atoms with Gasteiger partial charge in [-0.05, 0) is 59.0 Å². The lowest BCUT2D eigenvalue weighted by atomic mass is 9.97. The van der Waals surface area contributed by atoms with Crippen LogP contribution in [0.2, 0.25) is 0 Å². The second-order valence-electron chi connectivity index (χ2n) is 7.78. The maximum Gasteiger partial charge on any atom is 0.146 e. The summed E-state index contributed by atoms with van der Waals surface area (Å²) < 4.78 is 6.23. The minimum absolute atomic E-state index is 0.502. The molecule has 0 saturated heterocycles. The molecule has 0 aliphatic heterocycles. The Morgan fingerprint density at radius 2 is 1.70 bits per heavy atom. The largest absolute Gasteiger partial charge is 0.455 e. The van der Waals surface area contributed by atoms with Crippen LogP contribution in [0.25, 0.3) is 44.3 Å². The Morgan fingerprint density at radius 1 is 0.900 bits per heavy atom. The van der Waals surface area contributed by atoms with Gasteiger partial charge < -0.3 is 4.42 Å². The number of aromatic nitrogens is 1. The lowest BCUT2D eigenvalue weighted by Gasteiger charge is -2.07. The Kier molecular flexibility index (Phi) is 4.34. The first kappa shape index (κ1) is 18.1. The monoisotopic (exact) mass is 388 g/mol. The van der Waals surface area contributed by atoms with Crippen LogP contribution in [0.1, 0.15) is 30.9 Å². The number of benzene rings is 3. The molecule has 0 atom stereocenters. The lowest BCUT2D eigenvalue weighted by Crippen LogP contribution is -1.87. The maximum absolute atomic E-state index is 9.74. The summed E-state index contributed by atoms with van der Waals surface area (Å²) in [7, 11) is 0. The molecule has 0 unspecified atom stereocenters. The van der Waals surface area contributed by atoms with Crippen molar-refractivity contribution in [2.24, 2.45) is 0 Å². The second-order valence-corrected chi connectivity index (χ2v) is 7.78. The van der Waals surface area contributed by atoms with E-state index in [4.69, 9.17) is 4.42 Å². The molecule has 0 aliphatic carbocycles. The highest BCUT2D eigenvalue weighted by molar-refractivity contribution is 6.12. The minimum Gasteiger partial charge on any atom is -0.455 e. The fourth-order valence-corrected chi connectivity index (χ4v) is 3.94. The SMILES string of the molecule is CC(C)c1ccc(-c2ccc3oc4c(-c5ccccn5)ccc(C#N)c4c3c2)cc1. The summed E-state index contributed by atoms with van der Waals surface area (Å²) in [4.78, 5) is 4.47. The molecule has 5 aromatic rings. The molecule has 0 aliphatic rings. The van der Waals surface area contributed by atoms with Crippen molar-refractivity contribution >= 4 is 21.9 Å². The summed E-state index contributed by atoms with van der Waals surface area (Å²) in [6, 6.07) is 26.7. The van der Waals surface area contributed by atoms with Crippen molar-refractivity contribution in [3.8, 4) is 28.5 Å². The summed E-state index contributed by atoms with van der Waals surface area (Å²) in [5.74, 6) is 0.502. The number of rotatable bonds is 3. The van der Waals surface area contributed by atoms with Gasteiger partial charge in [0.15, 0.2) is 0 Å². The van der Waals surface area contributed by atoms with Crippen LogP contribution in [0, 0.1) is 11.3 Å². The normalized spacial score (nSPS) is 11.3. The summed E-state index contributed by atoms with van der Waals surface area (Å²) >= 11 is 0. The Hall–Kier alpha value is -3.90. The van der Waals surface area contributed by atoms with E-state index in [-0.39, 0.29) is 0 Å². The Balaban J connectivity index is 1.74. The molecular weight excluding hydrogens is 368 g/mol. The van der Waals surface area contributed by atoms with Crippen molar-refractivity contribution in [1.82, 2.24) is 4.98 Å². The average Bonchev–Trinajstić information content (AvgIpc) is 3.18. The van der Waals surface area contributed by atoms with E-state index in [1.807, 2.05) is 36.4 Å². The number of hydrogen-bond donors (Lipinski definition) is 0. The van der Waals surface area contributed by atoms with E-state index in [0.29, 0.717) is 17.1 Å². The number of fused-ring (bicyclic) bond motifs is 3. The summed E-state index contributed by atoms with van der Waals surface area (Å²) in [5.41, 5.74) is 7.38. The summed E-state index contributed by atoms with van der Waals surface area (Å²) in [5, 5.41) is 11.5. The molecule has 3 aromatic carbocycles. The second kappa shape index (κ2) is 7.17. The third-order valence-corrected chi connectivity index (χ3v) is 5.59. The number of nitriles is 1. The van der Waals surface area contributed by atoms with Crippen molar-refractivity contribution in [2.45, 2.75) is 19.8 Å². The smallest absolute Gasteiger partial charge is 0.146 e. The van der Waals surface area contributed by atoms with Crippen LogP contribution in [-0.4, -0.2) is 4.98 Å². The van der Waals surface area contributed by atoms with Gasteiger partial charge in [-0.2, -0.15) is 5.26 Å². The first-order chi connectivity index (χ1) is 14.7. The molecule has 0 N–H and O–H groups in total. The van der Waals surface area contributed by atoms with Crippen molar-refractivity contribution in [2.75, 3.05) is 0 Å². The molecule has 5 rings (SSSR count). The highest BCUT2D eigenvalue weighted by Crippen LogP contribution is 2.39. The van der Waals surface area contributed by atoms with E-state index in [0.717, 1.165) is 38.7 Å². The topological polar surface area (TPSA) is 49.8 Å². The van der Waals surface area contributed by atoms with Crippen molar-refractivity contribution in [3.63, 3.8) is 0 Å². The molecule has 0 bridgehead atoms. The van der Waals surface area contributed by atoms with Crippen molar-refractivity contribution in [3.05, 3.63) is 90.1 Å². The van der Waals surface area contributed by atoms with Crippen LogP contribution in [0.15, 0.2) is 83.4 Å². The molecular formula is C27H20N2O. The first-order valence-corrected chi connectivity index (χ1v) is 10.1. The molecule has 0 radical (unpaired) electrons. The van der Waals surface area contributed by atoms with Gasteiger partial charge >= 0.3 is 0 Å². The van der Waals surface area contributed by atoms with E-state index < -0.39 is 0 Å². The predicted molar refractivity (Wildman–Crippen MR) is 121 cm³/mol. The van der Waals surface area contributed by atoms with Gasteiger partial charge in [0.2, 0.25) is 0 Å². The molecule has 2 heterocycles. The first-order valence-electron chi connectivity index (χ1n) is 10.1. The van der Waals surface area contributed by atoms with Crippen molar-refractivity contribution in [1.29, 1.82) is 5.26 Å². The zero-order valence-corrected chi connectivity index (χ0v) is 16.9. The van der Waals surface area contributed by atoms with Crippen LogP contribution in [0.5, 0.6) is 0 Å². The van der Waals surface area contributed by atoms with Gasteiger partial charge in [0.1, 0.15) is 11.2 Å². The molecule has 3 heteroatoms. The highest BCUT2D eigenvalue weighted by Gasteiger charge is 2.17. The average molecular weight is 388 g/mol. The molecule has 0 amide bonds. The van der Waals surface area contributed by atoms with Gasteiger partial charge in [0, 0.05) is 22.5 Å². The number of hydrogen-bond acceptors (Lipinski definition) is 3. The van der Waals surface area contributed by atoms with E-state index in [1.54, 1.807) is 6.20 Å². The number of furan rings is 1. The third kappa shape index (κ3) is 2.94. The van der Waals surface area contributed by atoms with Crippen LogP contribution < -0.4 is 0 Å². The zero-order valence-electron chi connectivity index (χ0n) is 16.9. The molecule has 0 saturated carbocycles. The van der Waals surface area contributed by atoms with Crippen LogP contribution >= 0.6 is 0 Å². The summed E-state index contributed by atoms with van der Waals surface area (Å²) in [6.07, 6.45) is 1.76. The standard InChI is InChI=1S/C27H20N2O/c1-17(2)18-6-8-19(9-7-18)20-11-13-25-23(15-20)26-21(16-28)10-12-22(27(26)30-25)24-5-3-4-14-29-24/h3-15,17H,1-2H3. The predicted octanol–water partition coefficient (Wildman–Crippen LogP) is 7.31. The van der Waals surface area contributed by atoms with Gasteiger partial charge in [-0.3, -0.25) is 4.98 Å². The Bertz CT molecular complexity index is 1410. The fourth-order valence-electron chi connectivity index (χ4n) is 3.94.